The van der Waals surface area contributed by atoms with E-state index in [4.69, 9.17) is 23.2 Å². The van der Waals surface area contributed by atoms with Crippen molar-refractivity contribution in [2.75, 3.05) is 6.54 Å². The Labute approximate surface area is 154 Å². The van der Waals surface area contributed by atoms with Crippen LogP contribution in [0, 0.1) is 0 Å². The van der Waals surface area contributed by atoms with Crippen LogP contribution in [-0.4, -0.2) is 36.4 Å². The molecule has 1 aliphatic heterocycles. The molecule has 25 heavy (non-hydrogen) atoms. The lowest BCUT2D eigenvalue weighted by atomic mass is 10.1. The summed E-state index contributed by atoms with van der Waals surface area (Å²) in [6.45, 7) is 2.39. The molecule has 0 N–H and O–H groups in total. The fourth-order valence-electron chi connectivity index (χ4n) is 2.86. The summed E-state index contributed by atoms with van der Waals surface area (Å²) in [7, 11) is 0. The van der Waals surface area contributed by atoms with Crippen molar-refractivity contribution in [2.24, 2.45) is 0 Å². The van der Waals surface area contributed by atoms with Crippen LogP contribution in [0.1, 0.15) is 16.8 Å². The van der Waals surface area contributed by atoms with Crippen LogP contribution < -0.4 is 0 Å². The Morgan fingerprint density at radius 2 is 1.88 bits per heavy atom. The van der Waals surface area contributed by atoms with Gasteiger partial charge in [0.25, 0.3) is 0 Å². The third-order valence-corrected chi connectivity index (χ3v) is 4.66. The predicted molar refractivity (Wildman–Crippen MR) is 95.1 cm³/mol. The van der Waals surface area contributed by atoms with Crippen molar-refractivity contribution in [3.05, 3.63) is 64.2 Å². The molecule has 3 aromatic rings. The first kappa shape index (κ1) is 16.3. The molecule has 8 heteroatoms. The van der Waals surface area contributed by atoms with Gasteiger partial charge in [0, 0.05) is 55.8 Å². The molecule has 0 unspecified atom stereocenters. The highest BCUT2D eigenvalue weighted by atomic mass is 35.5. The number of aromatic nitrogens is 5. The van der Waals surface area contributed by atoms with Crippen LogP contribution in [0.25, 0.3) is 11.4 Å². The maximum absolute atomic E-state index is 6.18. The predicted octanol–water partition coefficient (Wildman–Crippen LogP) is 3.19. The van der Waals surface area contributed by atoms with Crippen molar-refractivity contribution >= 4 is 23.2 Å². The highest BCUT2D eigenvalue weighted by molar-refractivity contribution is 6.32. The summed E-state index contributed by atoms with van der Waals surface area (Å²) in [6.07, 6.45) is 7.69. The van der Waals surface area contributed by atoms with Crippen LogP contribution in [0.4, 0.5) is 0 Å². The summed E-state index contributed by atoms with van der Waals surface area (Å²) in [5, 5.41) is 0.859. The molecule has 0 spiro atoms. The molecule has 0 atom stereocenters. The molecular weight excluding hydrogens is 359 g/mol. The van der Waals surface area contributed by atoms with Gasteiger partial charge in [0.1, 0.15) is 16.6 Å². The Morgan fingerprint density at radius 3 is 2.68 bits per heavy atom. The van der Waals surface area contributed by atoms with Gasteiger partial charge in [-0.1, -0.05) is 29.3 Å². The minimum absolute atomic E-state index is 0.406. The molecule has 0 amide bonds. The van der Waals surface area contributed by atoms with E-state index in [1.54, 1.807) is 18.5 Å². The highest BCUT2D eigenvalue weighted by Crippen LogP contribution is 2.24. The number of pyridine rings is 1. The molecular formula is C17H14Cl2N6. The average molecular weight is 373 g/mol. The van der Waals surface area contributed by atoms with Crippen molar-refractivity contribution in [3.8, 4) is 11.4 Å². The second kappa shape index (κ2) is 7.00. The lowest BCUT2D eigenvalue weighted by Gasteiger charge is -2.28. The van der Waals surface area contributed by atoms with Crippen molar-refractivity contribution in [2.45, 2.75) is 19.5 Å². The Kier molecular flexibility index (Phi) is 4.57. The highest BCUT2D eigenvalue weighted by Gasteiger charge is 2.20. The minimum Gasteiger partial charge on any atom is -0.294 e. The van der Waals surface area contributed by atoms with Gasteiger partial charge in [0.05, 0.1) is 11.3 Å². The van der Waals surface area contributed by atoms with Gasteiger partial charge in [0.15, 0.2) is 5.82 Å². The molecule has 126 valence electrons. The number of rotatable bonds is 3. The van der Waals surface area contributed by atoms with Gasteiger partial charge in [0.2, 0.25) is 0 Å². The van der Waals surface area contributed by atoms with Crippen LogP contribution in [0.5, 0.6) is 0 Å². The molecule has 0 aliphatic carbocycles. The van der Waals surface area contributed by atoms with Crippen LogP contribution >= 0.6 is 23.2 Å². The first-order chi connectivity index (χ1) is 12.2. The third-order valence-electron chi connectivity index (χ3n) is 4.12. The second-order valence-electron chi connectivity index (χ2n) is 5.84. The maximum atomic E-state index is 6.18. The molecule has 4 rings (SSSR count). The minimum atomic E-state index is 0.406. The first-order valence-corrected chi connectivity index (χ1v) is 8.58. The molecule has 0 radical (unpaired) electrons. The van der Waals surface area contributed by atoms with E-state index in [-0.39, 0.29) is 0 Å². The smallest absolute Gasteiger partial charge is 0.162 e. The summed E-state index contributed by atoms with van der Waals surface area (Å²) in [4.78, 5) is 23.6. The fraction of sp³-hybridized carbons (Fsp3) is 0.235. The van der Waals surface area contributed by atoms with E-state index in [0.29, 0.717) is 16.1 Å². The SMILES string of the molecule is Clc1ccc(CN2CCc3nc(-c4cncnc4)ncc3C2)c(Cl)n1. The summed E-state index contributed by atoms with van der Waals surface area (Å²) in [5.74, 6) is 0.665. The van der Waals surface area contributed by atoms with Crippen molar-refractivity contribution in [1.82, 2.24) is 29.8 Å². The topological polar surface area (TPSA) is 67.7 Å². The zero-order valence-electron chi connectivity index (χ0n) is 13.2. The lowest BCUT2D eigenvalue weighted by molar-refractivity contribution is 0.243. The normalized spacial score (nSPS) is 14.3. The largest absolute Gasteiger partial charge is 0.294 e. The Bertz CT molecular complexity index is 903. The standard InChI is InChI=1S/C17H14Cl2N6/c18-15-2-1-11(16(19)24-15)8-25-4-3-14-13(9-25)7-22-17(23-14)12-5-20-10-21-6-12/h1-2,5-7,10H,3-4,8-9H2. The van der Waals surface area contributed by atoms with E-state index in [0.717, 1.165) is 48.4 Å². The van der Waals surface area contributed by atoms with Crippen molar-refractivity contribution in [1.29, 1.82) is 0 Å². The molecule has 4 heterocycles. The molecule has 0 saturated heterocycles. The number of fused-ring (bicyclic) bond motifs is 1. The summed E-state index contributed by atoms with van der Waals surface area (Å²) < 4.78 is 0. The van der Waals surface area contributed by atoms with E-state index in [9.17, 15) is 0 Å². The average Bonchev–Trinajstić information content (AvgIpc) is 2.64. The van der Waals surface area contributed by atoms with Gasteiger partial charge in [-0.2, -0.15) is 0 Å². The number of nitrogens with zero attached hydrogens (tertiary/aromatic N) is 6. The summed E-state index contributed by atoms with van der Waals surface area (Å²) in [5.41, 5.74) is 4.00. The third kappa shape index (κ3) is 3.61. The quantitative estimate of drug-likeness (QED) is 0.657. The zero-order valence-corrected chi connectivity index (χ0v) is 14.7. The molecule has 0 saturated carbocycles. The van der Waals surface area contributed by atoms with Gasteiger partial charge >= 0.3 is 0 Å². The molecule has 0 aromatic carbocycles. The van der Waals surface area contributed by atoms with E-state index in [1.807, 2.05) is 12.3 Å². The molecule has 1 aliphatic rings. The zero-order chi connectivity index (χ0) is 17.2. The number of hydrogen-bond acceptors (Lipinski definition) is 6. The second-order valence-corrected chi connectivity index (χ2v) is 6.58. The van der Waals surface area contributed by atoms with E-state index in [1.165, 1.54) is 6.33 Å². The van der Waals surface area contributed by atoms with Gasteiger partial charge in [-0.15, -0.1) is 0 Å². The molecule has 0 bridgehead atoms. The van der Waals surface area contributed by atoms with Gasteiger partial charge in [-0.05, 0) is 6.07 Å². The van der Waals surface area contributed by atoms with E-state index in [2.05, 4.69) is 29.8 Å². The monoisotopic (exact) mass is 372 g/mol. The van der Waals surface area contributed by atoms with Crippen LogP contribution in [0.15, 0.2) is 37.1 Å². The van der Waals surface area contributed by atoms with Crippen molar-refractivity contribution < 1.29 is 0 Å². The van der Waals surface area contributed by atoms with Gasteiger partial charge in [-0.25, -0.2) is 24.9 Å². The first-order valence-electron chi connectivity index (χ1n) is 7.82. The van der Waals surface area contributed by atoms with E-state index < -0.39 is 0 Å². The fourth-order valence-corrected chi connectivity index (χ4v) is 3.27. The maximum Gasteiger partial charge on any atom is 0.162 e. The van der Waals surface area contributed by atoms with Crippen LogP contribution in [0.3, 0.4) is 0 Å². The number of halogens is 2. The Balaban J connectivity index is 1.52. The van der Waals surface area contributed by atoms with Gasteiger partial charge in [-0.3, -0.25) is 4.90 Å². The van der Waals surface area contributed by atoms with Crippen molar-refractivity contribution in [3.63, 3.8) is 0 Å². The van der Waals surface area contributed by atoms with Crippen LogP contribution in [0.2, 0.25) is 10.3 Å². The molecule has 6 nitrogen and oxygen atoms in total. The molecule has 3 aromatic heterocycles. The van der Waals surface area contributed by atoms with E-state index >= 15 is 0 Å². The Hall–Kier alpha value is -2.15. The lowest BCUT2D eigenvalue weighted by Crippen LogP contribution is -2.31. The van der Waals surface area contributed by atoms with Crippen LogP contribution in [-0.2, 0) is 19.5 Å². The summed E-state index contributed by atoms with van der Waals surface area (Å²) in [6, 6.07) is 3.68. The van der Waals surface area contributed by atoms with Gasteiger partial charge < -0.3 is 0 Å². The number of hydrogen-bond donors (Lipinski definition) is 0. The molecule has 0 fully saturated rings. The Morgan fingerprint density at radius 1 is 1.04 bits per heavy atom. The summed E-state index contributed by atoms with van der Waals surface area (Å²) >= 11 is 12.0.